The highest BCUT2D eigenvalue weighted by atomic mass is 15.2. The van der Waals surface area contributed by atoms with Gasteiger partial charge in [-0.25, -0.2) is 9.97 Å². The molecule has 2 heterocycles. The predicted molar refractivity (Wildman–Crippen MR) is 77.3 cm³/mol. The van der Waals surface area contributed by atoms with Gasteiger partial charge in [0.2, 0.25) is 0 Å². The van der Waals surface area contributed by atoms with Gasteiger partial charge in [-0.1, -0.05) is 6.07 Å². The second kappa shape index (κ2) is 6.48. The van der Waals surface area contributed by atoms with Crippen LogP contribution in [0.5, 0.6) is 0 Å². The lowest BCUT2D eigenvalue weighted by atomic mass is 10.2. The lowest BCUT2D eigenvalue weighted by molar-refractivity contribution is 0.835. The number of rotatable bonds is 5. The van der Waals surface area contributed by atoms with E-state index in [1.54, 1.807) is 19.3 Å². The number of anilines is 2. The molecule has 6 nitrogen and oxygen atoms in total. The van der Waals surface area contributed by atoms with Crippen molar-refractivity contribution in [3.63, 3.8) is 0 Å². The Morgan fingerprint density at radius 2 is 1.95 bits per heavy atom. The number of aromatic nitrogens is 3. The summed E-state index contributed by atoms with van der Waals surface area (Å²) in [7, 11) is 3.63. The van der Waals surface area contributed by atoms with Gasteiger partial charge in [0, 0.05) is 45.0 Å². The van der Waals surface area contributed by atoms with Gasteiger partial charge >= 0.3 is 0 Å². The Kier molecular flexibility index (Phi) is 4.45. The summed E-state index contributed by atoms with van der Waals surface area (Å²) >= 11 is 0. The number of hydrogen-bond acceptors (Lipinski definition) is 6. The molecule has 0 bridgehead atoms. The van der Waals surface area contributed by atoms with E-state index in [9.17, 15) is 0 Å². The van der Waals surface area contributed by atoms with Crippen LogP contribution in [0.15, 0.2) is 36.8 Å². The second-order valence-electron chi connectivity index (χ2n) is 4.39. The summed E-state index contributed by atoms with van der Waals surface area (Å²) in [5.74, 6) is 1.37. The van der Waals surface area contributed by atoms with Crippen molar-refractivity contribution in [2.75, 3.05) is 30.4 Å². The zero-order valence-corrected chi connectivity index (χ0v) is 11.6. The summed E-state index contributed by atoms with van der Waals surface area (Å²) in [4.78, 5) is 16.0. The van der Waals surface area contributed by atoms with Crippen LogP contribution in [0.1, 0.15) is 5.69 Å². The van der Waals surface area contributed by atoms with Gasteiger partial charge in [0.05, 0.1) is 0 Å². The molecular formula is C14H16N6. The third-order valence-corrected chi connectivity index (χ3v) is 2.95. The Morgan fingerprint density at radius 1 is 1.15 bits per heavy atom. The molecular weight excluding hydrogens is 252 g/mol. The van der Waals surface area contributed by atoms with Crippen molar-refractivity contribution < 1.29 is 0 Å². The molecule has 0 fully saturated rings. The maximum atomic E-state index is 8.86. The molecule has 0 atom stereocenters. The van der Waals surface area contributed by atoms with E-state index < -0.39 is 0 Å². The third kappa shape index (κ3) is 3.42. The highest BCUT2D eigenvalue weighted by Crippen LogP contribution is 2.15. The van der Waals surface area contributed by atoms with E-state index in [0.717, 1.165) is 24.5 Å². The van der Waals surface area contributed by atoms with Crippen molar-refractivity contribution >= 4 is 11.6 Å². The molecule has 0 saturated heterocycles. The Labute approximate surface area is 118 Å². The summed E-state index contributed by atoms with van der Waals surface area (Å²) in [6.45, 7) is 0.795. The summed E-state index contributed by atoms with van der Waals surface area (Å²) in [5, 5.41) is 8.86. The van der Waals surface area contributed by atoms with Crippen LogP contribution >= 0.6 is 0 Å². The predicted octanol–water partition coefficient (Wildman–Crippen LogP) is 1.47. The zero-order valence-electron chi connectivity index (χ0n) is 11.6. The van der Waals surface area contributed by atoms with E-state index in [4.69, 9.17) is 5.26 Å². The van der Waals surface area contributed by atoms with Crippen LogP contribution in [-0.4, -0.2) is 35.6 Å². The molecule has 2 aromatic rings. The van der Waals surface area contributed by atoms with Crippen molar-refractivity contribution in [2.45, 2.75) is 6.42 Å². The number of nitrogens with zero attached hydrogens (tertiary/aromatic N) is 6. The minimum absolute atomic E-state index is 0.585. The molecule has 2 rings (SSSR count). The highest BCUT2D eigenvalue weighted by molar-refractivity contribution is 5.51. The van der Waals surface area contributed by atoms with E-state index in [2.05, 4.69) is 15.0 Å². The van der Waals surface area contributed by atoms with Crippen LogP contribution in [0.2, 0.25) is 0 Å². The molecule has 0 unspecified atom stereocenters. The van der Waals surface area contributed by atoms with Crippen molar-refractivity contribution in [2.24, 2.45) is 0 Å². The van der Waals surface area contributed by atoms with Gasteiger partial charge in [0.15, 0.2) is 6.19 Å². The highest BCUT2D eigenvalue weighted by Gasteiger charge is 2.07. The lowest BCUT2D eigenvalue weighted by Gasteiger charge is -2.18. The Balaban J connectivity index is 2.02. The fraction of sp³-hybridized carbons (Fsp3) is 0.286. The molecule has 102 valence electrons. The van der Waals surface area contributed by atoms with E-state index >= 15 is 0 Å². The molecule has 0 N–H and O–H groups in total. The van der Waals surface area contributed by atoms with Crippen LogP contribution in [0, 0.1) is 11.5 Å². The number of pyridine rings is 1. The molecule has 0 saturated carbocycles. The average Bonchev–Trinajstić information content (AvgIpc) is 2.53. The minimum atomic E-state index is 0.585. The molecule has 0 amide bonds. The molecule has 0 aromatic carbocycles. The zero-order chi connectivity index (χ0) is 14.4. The first-order chi connectivity index (χ1) is 9.70. The molecule has 0 aliphatic carbocycles. The smallest absolute Gasteiger partial charge is 0.185 e. The van der Waals surface area contributed by atoms with Crippen LogP contribution in [-0.2, 0) is 6.42 Å². The van der Waals surface area contributed by atoms with Crippen LogP contribution < -0.4 is 9.80 Å². The van der Waals surface area contributed by atoms with Crippen molar-refractivity contribution in [1.29, 1.82) is 5.26 Å². The Hall–Kier alpha value is -2.68. The van der Waals surface area contributed by atoms with Crippen molar-refractivity contribution in [3.8, 4) is 6.19 Å². The van der Waals surface area contributed by atoms with Crippen LogP contribution in [0.4, 0.5) is 11.6 Å². The Bertz CT molecular complexity index is 592. The standard InChI is InChI=1S/C14H16N6/c1-19(8-6-12-5-3-4-7-16-12)13-9-14(18-11-17-13)20(2)10-15/h3-5,7,9,11H,6,8H2,1-2H3. The maximum Gasteiger partial charge on any atom is 0.185 e. The van der Waals surface area contributed by atoms with E-state index in [0.29, 0.717) is 5.82 Å². The monoisotopic (exact) mass is 268 g/mol. The number of hydrogen-bond donors (Lipinski definition) is 0. The van der Waals surface area contributed by atoms with E-state index in [1.165, 1.54) is 11.2 Å². The largest absolute Gasteiger partial charge is 0.359 e. The molecule has 0 radical (unpaired) electrons. The quantitative estimate of drug-likeness (QED) is 0.604. The minimum Gasteiger partial charge on any atom is -0.359 e. The number of nitriles is 1. The average molecular weight is 268 g/mol. The van der Waals surface area contributed by atoms with Gasteiger partial charge in [-0.2, -0.15) is 5.26 Å². The summed E-state index contributed by atoms with van der Waals surface area (Å²) in [5.41, 5.74) is 1.04. The van der Waals surface area contributed by atoms with Gasteiger partial charge in [-0.3, -0.25) is 9.88 Å². The van der Waals surface area contributed by atoms with Gasteiger partial charge in [-0.05, 0) is 12.1 Å². The Morgan fingerprint density at radius 3 is 2.65 bits per heavy atom. The summed E-state index contributed by atoms with van der Waals surface area (Å²) in [6, 6.07) is 7.68. The first kappa shape index (κ1) is 13.7. The SMILES string of the molecule is CN(C#N)c1cc(N(C)CCc2ccccn2)ncn1. The molecule has 0 spiro atoms. The van der Waals surface area contributed by atoms with Gasteiger partial charge in [0.25, 0.3) is 0 Å². The van der Waals surface area contributed by atoms with E-state index in [-0.39, 0.29) is 0 Å². The molecule has 0 aliphatic rings. The fourth-order valence-electron chi connectivity index (χ4n) is 1.72. The van der Waals surface area contributed by atoms with Crippen molar-refractivity contribution in [1.82, 2.24) is 15.0 Å². The van der Waals surface area contributed by atoms with E-state index in [1.807, 2.05) is 36.3 Å². The first-order valence-electron chi connectivity index (χ1n) is 6.27. The molecule has 6 heteroatoms. The summed E-state index contributed by atoms with van der Waals surface area (Å²) < 4.78 is 0. The molecule has 2 aromatic heterocycles. The first-order valence-corrected chi connectivity index (χ1v) is 6.27. The topological polar surface area (TPSA) is 68.9 Å². The molecule has 20 heavy (non-hydrogen) atoms. The van der Waals surface area contributed by atoms with Gasteiger partial charge < -0.3 is 4.90 Å². The van der Waals surface area contributed by atoms with Gasteiger partial charge in [-0.15, -0.1) is 0 Å². The maximum absolute atomic E-state index is 8.86. The normalized spacial score (nSPS) is 9.85. The summed E-state index contributed by atoms with van der Waals surface area (Å²) in [6.07, 6.45) is 6.12. The van der Waals surface area contributed by atoms with Crippen LogP contribution in [0.25, 0.3) is 0 Å². The fourth-order valence-corrected chi connectivity index (χ4v) is 1.72. The lowest BCUT2D eigenvalue weighted by Crippen LogP contribution is -2.22. The van der Waals surface area contributed by atoms with Gasteiger partial charge in [0.1, 0.15) is 18.0 Å². The number of likely N-dealkylation sites (N-methyl/N-ethyl adjacent to an activating group) is 1. The third-order valence-electron chi connectivity index (χ3n) is 2.95. The van der Waals surface area contributed by atoms with Crippen LogP contribution in [0.3, 0.4) is 0 Å². The molecule has 0 aliphatic heterocycles. The van der Waals surface area contributed by atoms with Crippen molar-refractivity contribution in [3.05, 3.63) is 42.5 Å². The second-order valence-corrected chi connectivity index (χ2v) is 4.39.